The van der Waals surface area contributed by atoms with Gasteiger partial charge in [-0.25, -0.2) is 4.98 Å². The summed E-state index contributed by atoms with van der Waals surface area (Å²) >= 11 is 1.74. The number of piperidine rings is 1. The Morgan fingerprint density at radius 2 is 2.16 bits per heavy atom. The van der Waals surface area contributed by atoms with Crippen LogP contribution in [0.25, 0.3) is 0 Å². The van der Waals surface area contributed by atoms with Gasteiger partial charge in [-0.05, 0) is 63.9 Å². The minimum absolute atomic E-state index is 0.318. The van der Waals surface area contributed by atoms with E-state index in [4.69, 9.17) is 0 Å². The van der Waals surface area contributed by atoms with Crippen LogP contribution < -0.4 is 0 Å². The number of rotatable bonds is 5. The second-order valence-corrected chi connectivity index (χ2v) is 8.60. The number of aromatic nitrogens is 2. The minimum Gasteiger partial charge on any atom is -0.506 e. The van der Waals surface area contributed by atoms with Crippen LogP contribution in [0.4, 0.5) is 0 Å². The molecule has 1 N–H and O–H groups in total. The minimum atomic E-state index is 0.318. The SMILES string of the molecule is Cc1ccc(O)c(CN2CCC3(CC2)C[C@@H]3N(C)Cc2nccs2)n1. The first kappa shape index (κ1) is 16.9. The average Bonchev–Trinajstić information content (AvgIpc) is 3.04. The Kier molecular flexibility index (Phi) is 4.52. The smallest absolute Gasteiger partial charge is 0.138 e. The fourth-order valence-electron chi connectivity index (χ4n) is 4.23. The fourth-order valence-corrected chi connectivity index (χ4v) is 4.91. The van der Waals surface area contributed by atoms with E-state index in [1.807, 2.05) is 19.2 Å². The highest BCUT2D eigenvalue weighted by molar-refractivity contribution is 7.09. The van der Waals surface area contributed by atoms with Crippen LogP contribution in [0.3, 0.4) is 0 Å². The number of hydrogen-bond acceptors (Lipinski definition) is 6. The summed E-state index contributed by atoms with van der Waals surface area (Å²) in [4.78, 5) is 13.8. The van der Waals surface area contributed by atoms with Gasteiger partial charge in [-0.3, -0.25) is 14.8 Å². The maximum atomic E-state index is 10.0. The Morgan fingerprint density at radius 3 is 2.88 bits per heavy atom. The van der Waals surface area contributed by atoms with Crippen LogP contribution in [0.15, 0.2) is 23.7 Å². The molecule has 134 valence electrons. The van der Waals surface area contributed by atoms with Crippen molar-refractivity contribution in [2.75, 3.05) is 20.1 Å². The predicted molar refractivity (Wildman–Crippen MR) is 99.6 cm³/mol. The van der Waals surface area contributed by atoms with Crippen LogP contribution in [0, 0.1) is 12.3 Å². The zero-order valence-corrected chi connectivity index (χ0v) is 15.8. The summed E-state index contributed by atoms with van der Waals surface area (Å²) in [7, 11) is 2.24. The maximum Gasteiger partial charge on any atom is 0.138 e. The van der Waals surface area contributed by atoms with Crippen molar-refractivity contribution >= 4 is 11.3 Å². The van der Waals surface area contributed by atoms with Crippen LogP contribution in [0.5, 0.6) is 5.75 Å². The van der Waals surface area contributed by atoms with Gasteiger partial charge in [0.15, 0.2) is 0 Å². The first-order chi connectivity index (χ1) is 12.1. The molecule has 1 spiro atoms. The van der Waals surface area contributed by atoms with Crippen molar-refractivity contribution in [3.8, 4) is 5.75 Å². The van der Waals surface area contributed by atoms with E-state index in [0.29, 0.717) is 17.2 Å². The molecule has 6 heteroatoms. The molecule has 2 aliphatic rings. The number of likely N-dealkylation sites (tertiary alicyclic amines) is 1. The van der Waals surface area contributed by atoms with E-state index in [2.05, 4.69) is 32.2 Å². The molecule has 5 nitrogen and oxygen atoms in total. The van der Waals surface area contributed by atoms with Crippen LogP contribution >= 0.6 is 11.3 Å². The van der Waals surface area contributed by atoms with Crippen molar-refractivity contribution in [2.45, 2.75) is 45.3 Å². The molecule has 1 saturated heterocycles. The van der Waals surface area contributed by atoms with Crippen LogP contribution in [-0.4, -0.2) is 51.1 Å². The highest BCUT2D eigenvalue weighted by Crippen LogP contribution is 2.56. The number of aromatic hydroxyl groups is 1. The largest absolute Gasteiger partial charge is 0.506 e. The van der Waals surface area contributed by atoms with Crippen LogP contribution in [0.2, 0.25) is 0 Å². The van der Waals surface area contributed by atoms with Crippen LogP contribution in [-0.2, 0) is 13.1 Å². The first-order valence-corrected chi connectivity index (χ1v) is 9.90. The van der Waals surface area contributed by atoms with Crippen molar-refractivity contribution < 1.29 is 5.11 Å². The summed E-state index contributed by atoms with van der Waals surface area (Å²) in [5, 5.41) is 13.3. The van der Waals surface area contributed by atoms with Crippen molar-refractivity contribution in [2.24, 2.45) is 5.41 Å². The van der Waals surface area contributed by atoms with E-state index < -0.39 is 0 Å². The monoisotopic (exact) mass is 358 g/mol. The Hall–Kier alpha value is -1.50. The lowest BCUT2D eigenvalue weighted by atomic mass is 9.92. The molecule has 4 rings (SSSR count). The Bertz CT molecular complexity index is 725. The molecule has 2 aromatic heterocycles. The molecule has 0 bridgehead atoms. The molecule has 1 aliphatic carbocycles. The standard InChI is InChI=1S/C19H26N4OS/c1-14-3-4-16(24)15(21-14)12-23-8-5-19(6-9-23)11-17(19)22(2)13-18-20-7-10-25-18/h3-4,7,10,17,24H,5-6,8-9,11-13H2,1-2H3/t17-/m0/s1. The van der Waals surface area contributed by atoms with Crippen molar-refractivity contribution in [1.29, 1.82) is 0 Å². The number of thiazole rings is 1. The van der Waals surface area contributed by atoms with Gasteiger partial charge in [0.1, 0.15) is 10.8 Å². The summed E-state index contributed by atoms with van der Waals surface area (Å²) in [5.41, 5.74) is 2.28. The van der Waals surface area contributed by atoms with E-state index >= 15 is 0 Å². The van der Waals surface area contributed by atoms with Gasteiger partial charge < -0.3 is 5.11 Å². The second kappa shape index (κ2) is 6.67. The lowest BCUT2D eigenvalue weighted by Gasteiger charge is -2.34. The number of pyridine rings is 1. The molecule has 2 fully saturated rings. The number of nitrogens with zero attached hydrogens (tertiary/aromatic N) is 4. The molecular formula is C19H26N4OS. The summed E-state index contributed by atoms with van der Waals surface area (Å²) in [5.74, 6) is 0.318. The van der Waals surface area contributed by atoms with Crippen molar-refractivity contribution in [3.05, 3.63) is 40.1 Å². The van der Waals surface area contributed by atoms with E-state index in [1.165, 1.54) is 24.3 Å². The van der Waals surface area contributed by atoms with E-state index in [0.717, 1.165) is 37.6 Å². The zero-order valence-electron chi connectivity index (χ0n) is 15.0. The molecule has 1 saturated carbocycles. The molecular weight excluding hydrogens is 332 g/mol. The number of aryl methyl sites for hydroxylation is 1. The van der Waals surface area contributed by atoms with E-state index in [1.54, 1.807) is 17.4 Å². The van der Waals surface area contributed by atoms with Gasteiger partial charge in [0.25, 0.3) is 0 Å². The van der Waals surface area contributed by atoms with Gasteiger partial charge in [-0.15, -0.1) is 11.3 Å². The Balaban J connectivity index is 1.31. The second-order valence-electron chi connectivity index (χ2n) is 7.62. The normalized spacial score (nSPS) is 22.6. The third-order valence-corrected chi connectivity index (χ3v) is 6.63. The van der Waals surface area contributed by atoms with Crippen molar-refractivity contribution in [1.82, 2.24) is 19.8 Å². The Labute approximate surface area is 153 Å². The van der Waals surface area contributed by atoms with Gasteiger partial charge >= 0.3 is 0 Å². The third-order valence-electron chi connectivity index (χ3n) is 5.86. The van der Waals surface area contributed by atoms with Gasteiger partial charge in [0.05, 0.1) is 12.2 Å². The molecule has 2 aromatic rings. The maximum absolute atomic E-state index is 10.0. The lowest BCUT2D eigenvalue weighted by Crippen LogP contribution is -2.37. The molecule has 0 radical (unpaired) electrons. The molecule has 1 aliphatic heterocycles. The fraction of sp³-hybridized carbons (Fsp3) is 0.579. The van der Waals surface area contributed by atoms with Gasteiger partial charge in [-0.2, -0.15) is 0 Å². The van der Waals surface area contributed by atoms with E-state index in [9.17, 15) is 5.11 Å². The topological polar surface area (TPSA) is 52.5 Å². The summed E-state index contributed by atoms with van der Waals surface area (Å²) in [6.45, 7) is 5.88. The summed E-state index contributed by atoms with van der Waals surface area (Å²) < 4.78 is 0. The average molecular weight is 359 g/mol. The molecule has 0 amide bonds. The quantitative estimate of drug-likeness (QED) is 0.890. The first-order valence-electron chi connectivity index (χ1n) is 9.02. The highest BCUT2D eigenvalue weighted by Gasteiger charge is 2.56. The molecule has 1 atom stereocenters. The lowest BCUT2D eigenvalue weighted by molar-refractivity contribution is 0.137. The molecule has 0 aromatic carbocycles. The summed E-state index contributed by atoms with van der Waals surface area (Å²) in [6.07, 6.45) is 5.69. The third kappa shape index (κ3) is 3.57. The van der Waals surface area contributed by atoms with E-state index in [-0.39, 0.29) is 0 Å². The molecule has 3 heterocycles. The van der Waals surface area contributed by atoms with Gasteiger partial charge in [0.2, 0.25) is 0 Å². The van der Waals surface area contributed by atoms with Crippen molar-refractivity contribution in [3.63, 3.8) is 0 Å². The zero-order chi connectivity index (χ0) is 17.4. The number of hydrogen-bond donors (Lipinski definition) is 1. The van der Waals surface area contributed by atoms with Gasteiger partial charge in [-0.1, -0.05) is 0 Å². The molecule has 0 unspecified atom stereocenters. The summed E-state index contributed by atoms with van der Waals surface area (Å²) in [6, 6.07) is 4.31. The predicted octanol–water partition coefficient (Wildman–Crippen LogP) is 3.04. The van der Waals surface area contributed by atoms with Gasteiger partial charge in [0, 0.05) is 29.9 Å². The Morgan fingerprint density at radius 1 is 1.36 bits per heavy atom. The highest BCUT2D eigenvalue weighted by atomic mass is 32.1. The van der Waals surface area contributed by atoms with Crippen LogP contribution in [0.1, 0.15) is 35.7 Å². The molecule has 25 heavy (non-hydrogen) atoms.